The van der Waals surface area contributed by atoms with Gasteiger partial charge in [0.2, 0.25) is 5.91 Å². The van der Waals surface area contributed by atoms with Crippen molar-refractivity contribution in [2.75, 3.05) is 24.2 Å². The maximum Gasteiger partial charge on any atom is 0.324 e. The fourth-order valence-corrected chi connectivity index (χ4v) is 4.58. The number of benzene rings is 1. The Morgan fingerprint density at radius 1 is 1.06 bits per heavy atom. The molecule has 0 radical (unpaired) electrons. The van der Waals surface area contributed by atoms with E-state index in [9.17, 15) is 9.59 Å². The lowest BCUT2D eigenvalue weighted by Crippen LogP contribution is -2.27. The lowest BCUT2D eigenvalue weighted by molar-refractivity contribution is -0.124. The summed E-state index contributed by atoms with van der Waals surface area (Å²) in [7, 11) is 1.75. The molecule has 0 bridgehead atoms. The normalized spacial score (nSPS) is 11.1. The molecule has 0 aliphatic rings. The van der Waals surface area contributed by atoms with Crippen molar-refractivity contribution >= 4 is 74.3 Å². The Morgan fingerprint density at radius 3 is 2.60 bits per heavy atom. The van der Waals surface area contributed by atoms with E-state index in [0.717, 1.165) is 10.6 Å². The largest absolute Gasteiger partial charge is 0.342 e. The highest BCUT2D eigenvalue weighted by Gasteiger charge is 2.14. The van der Waals surface area contributed by atoms with Gasteiger partial charge in [0, 0.05) is 42.9 Å². The molecule has 1 aromatic carbocycles. The lowest BCUT2D eigenvalue weighted by atomic mass is 10.2. The van der Waals surface area contributed by atoms with Gasteiger partial charge in [0.25, 0.3) is 0 Å². The first-order chi connectivity index (χ1) is 16.9. The van der Waals surface area contributed by atoms with Gasteiger partial charge in [-0.1, -0.05) is 35.3 Å². The summed E-state index contributed by atoms with van der Waals surface area (Å²) in [5.74, 6) is 0.206. The highest BCUT2D eigenvalue weighted by Crippen LogP contribution is 2.32. The molecule has 0 saturated heterocycles. The average molecular weight is 527 g/mol. The maximum absolute atomic E-state index is 12.5. The molecule has 0 aliphatic heterocycles. The molecule has 35 heavy (non-hydrogen) atoms. The van der Waals surface area contributed by atoms with E-state index in [4.69, 9.17) is 23.2 Å². The van der Waals surface area contributed by atoms with Crippen LogP contribution >= 0.6 is 34.5 Å². The predicted molar refractivity (Wildman–Crippen MR) is 141 cm³/mol. The van der Waals surface area contributed by atoms with Crippen molar-refractivity contribution in [2.45, 2.75) is 6.42 Å². The van der Waals surface area contributed by atoms with Crippen LogP contribution in [0.25, 0.3) is 16.3 Å². The Morgan fingerprint density at radius 2 is 1.86 bits per heavy atom. The molecule has 0 fully saturated rings. The molecule has 4 aromatic rings. The standard InChI is InChI=1S/C24H20Cl2N6O2S/c1-32(12-10-15-5-2-3-11-27-15)20(33)9-8-16-13-19-22(35-16)23(29-14-28-19)31-24(34)30-21-17(25)6-4-7-18(21)26/h2-9,11,13-14H,10,12H2,1H3,(H2,28,29,30,31,34)/b9-8+. The summed E-state index contributed by atoms with van der Waals surface area (Å²) < 4.78 is 0.670. The van der Waals surface area contributed by atoms with E-state index in [0.29, 0.717) is 44.7 Å². The van der Waals surface area contributed by atoms with Gasteiger partial charge in [-0.05, 0) is 36.4 Å². The second-order valence-electron chi connectivity index (χ2n) is 7.43. The first-order valence-corrected chi connectivity index (χ1v) is 12.1. The van der Waals surface area contributed by atoms with Crippen molar-refractivity contribution < 1.29 is 9.59 Å². The SMILES string of the molecule is CN(CCc1ccccn1)C(=O)/C=C/c1cc2ncnc(NC(=O)Nc3c(Cl)cccc3Cl)c2s1. The number of rotatable bonds is 7. The van der Waals surface area contributed by atoms with Crippen LogP contribution in [0.2, 0.25) is 10.0 Å². The zero-order valence-electron chi connectivity index (χ0n) is 18.5. The Labute approximate surface area is 215 Å². The van der Waals surface area contributed by atoms with Gasteiger partial charge in [-0.25, -0.2) is 14.8 Å². The fourth-order valence-electron chi connectivity index (χ4n) is 3.13. The van der Waals surface area contributed by atoms with Gasteiger partial charge in [0.05, 0.1) is 25.9 Å². The first kappa shape index (κ1) is 24.6. The number of carbonyl (C=O) groups excluding carboxylic acids is 2. The number of hydrogen-bond acceptors (Lipinski definition) is 6. The number of para-hydroxylation sites is 1. The summed E-state index contributed by atoms with van der Waals surface area (Å²) in [6.07, 6.45) is 7.00. The number of hydrogen-bond donors (Lipinski definition) is 2. The number of amides is 3. The Hall–Kier alpha value is -3.53. The molecule has 0 unspecified atom stereocenters. The number of urea groups is 1. The van der Waals surface area contributed by atoms with Crippen LogP contribution < -0.4 is 10.6 Å². The summed E-state index contributed by atoms with van der Waals surface area (Å²) in [6, 6.07) is 11.9. The number of halogens is 2. The monoisotopic (exact) mass is 526 g/mol. The highest BCUT2D eigenvalue weighted by atomic mass is 35.5. The summed E-state index contributed by atoms with van der Waals surface area (Å²) in [5, 5.41) is 5.98. The summed E-state index contributed by atoms with van der Waals surface area (Å²) >= 11 is 13.6. The van der Waals surface area contributed by atoms with Crippen LogP contribution in [0.15, 0.2) is 61.1 Å². The molecule has 11 heteroatoms. The molecule has 8 nitrogen and oxygen atoms in total. The quantitative estimate of drug-likeness (QED) is 0.298. The van der Waals surface area contributed by atoms with Gasteiger partial charge in [-0.15, -0.1) is 11.3 Å². The topological polar surface area (TPSA) is 100 Å². The molecule has 178 valence electrons. The third-order valence-electron chi connectivity index (χ3n) is 4.96. The summed E-state index contributed by atoms with van der Waals surface area (Å²) in [5.41, 5.74) is 1.88. The smallest absolute Gasteiger partial charge is 0.324 e. The second kappa shape index (κ2) is 11.3. The second-order valence-corrected chi connectivity index (χ2v) is 9.32. The van der Waals surface area contributed by atoms with E-state index in [2.05, 4.69) is 25.6 Å². The van der Waals surface area contributed by atoms with Crippen LogP contribution in [0, 0.1) is 0 Å². The van der Waals surface area contributed by atoms with Gasteiger partial charge in [0.1, 0.15) is 6.33 Å². The van der Waals surface area contributed by atoms with Crippen LogP contribution in [-0.2, 0) is 11.2 Å². The van der Waals surface area contributed by atoms with Crippen molar-refractivity contribution in [3.05, 3.63) is 81.7 Å². The molecule has 3 aromatic heterocycles. The van der Waals surface area contributed by atoms with Gasteiger partial charge in [-0.2, -0.15) is 0 Å². The average Bonchev–Trinajstić information content (AvgIpc) is 3.28. The van der Waals surface area contributed by atoms with Gasteiger partial charge >= 0.3 is 6.03 Å². The van der Waals surface area contributed by atoms with Crippen molar-refractivity contribution in [3.63, 3.8) is 0 Å². The number of thiophene rings is 1. The molecule has 3 heterocycles. The highest BCUT2D eigenvalue weighted by molar-refractivity contribution is 7.20. The van der Waals surface area contributed by atoms with Crippen molar-refractivity contribution in [1.82, 2.24) is 19.9 Å². The molecule has 4 rings (SSSR count). The number of aromatic nitrogens is 3. The summed E-state index contributed by atoms with van der Waals surface area (Å²) in [6.45, 7) is 0.552. The van der Waals surface area contributed by atoms with Gasteiger partial charge in [-0.3, -0.25) is 15.1 Å². The number of pyridine rings is 1. The number of nitrogens with one attached hydrogen (secondary N) is 2. The van der Waals surface area contributed by atoms with Crippen LogP contribution in [0.4, 0.5) is 16.3 Å². The molecule has 2 N–H and O–H groups in total. The predicted octanol–water partition coefficient (Wildman–Crippen LogP) is 5.75. The molecule has 0 saturated carbocycles. The van der Waals surface area contributed by atoms with Crippen molar-refractivity contribution in [3.8, 4) is 0 Å². The van der Waals surface area contributed by atoms with Crippen molar-refractivity contribution in [2.24, 2.45) is 0 Å². The molecular formula is C24H20Cl2N6O2S. The Balaban J connectivity index is 1.42. The third-order valence-corrected chi connectivity index (χ3v) is 6.69. The van der Waals surface area contributed by atoms with Crippen LogP contribution in [0.1, 0.15) is 10.6 Å². The minimum absolute atomic E-state index is 0.126. The van der Waals surface area contributed by atoms with E-state index in [-0.39, 0.29) is 5.91 Å². The molecular weight excluding hydrogens is 507 g/mol. The number of fused-ring (bicyclic) bond motifs is 1. The number of anilines is 2. The molecule has 0 spiro atoms. The third kappa shape index (κ3) is 6.33. The van der Waals surface area contributed by atoms with E-state index in [1.807, 2.05) is 24.3 Å². The number of carbonyl (C=O) groups is 2. The minimum atomic E-state index is -0.546. The van der Waals surface area contributed by atoms with Gasteiger partial charge in [0.15, 0.2) is 5.82 Å². The van der Waals surface area contributed by atoms with Crippen molar-refractivity contribution in [1.29, 1.82) is 0 Å². The summed E-state index contributed by atoms with van der Waals surface area (Å²) in [4.78, 5) is 40.2. The zero-order chi connectivity index (χ0) is 24.8. The minimum Gasteiger partial charge on any atom is -0.342 e. The van der Waals surface area contributed by atoms with Crippen LogP contribution in [-0.4, -0.2) is 45.4 Å². The molecule has 0 aliphatic carbocycles. The zero-order valence-corrected chi connectivity index (χ0v) is 20.9. The number of nitrogens with zero attached hydrogens (tertiary/aromatic N) is 4. The molecule has 3 amide bonds. The lowest BCUT2D eigenvalue weighted by Gasteiger charge is -2.14. The van der Waals surface area contributed by atoms with E-state index < -0.39 is 6.03 Å². The van der Waals surface area contributed by atoms with Crippen LogP contribution in [0.5, 0.6) is 0 Å². The number of likely N-dealkylation sites (N-methyl/N-ethyl adjacent to an activating group) is 1. The fraction of sp³-hybridized carbons (Fsp3) is 0.125. The Kier molecular flexibility index (Phi) is 7.91. The van der Waals surface area contributed by atoms with E-state index in [1.165, 1.54) is 23.7 Å². The van der Waals surface area contributed by atoms with E-state index in [1.54, 1.807) is 42.4 Å². The maximum atomic E-state index is 12.5. The van der Waals surface area contributed by atoms with Gasteiger partial charge < -0.3 is 10.2 Å². The van der Waals surface area contributed by atoms with Crippen LogP contribution in [0.3, 0.4) is 0 Å². The first-order valence-electron chi connectivity index (χ1n) is 10.5. The molecule has 0 atom stereocenters. The Bertz CT molecular complexity index is 1370. The van der Waals surface area contributed by atoms with E-state index >= 15 is 0 Å².